The van der Waals surface area contributed by atoms with Crippen molar-refractivity contribution in [2.75, 3.05) is 33.7 Å². The van der Waals surface area contributed by atoms with Gasteiger partial charge in [-0.1, -0.05) is 30.0 Å². The Morgan fingerprint density at radius 3 is 2.87 bits per heavy atom. The molecule has 1 aliphatic carbocycles. The van der Waals surface area contributed by atoms with Crippen LogP contribution in [0.25, 0.3) is 0 Å². The van der Waals surface area contributed by atoms with E-state index >= 15 is 0 Å². The lowest BCUT2D eigenvalue weighted by molar-refractivity contribution is 0.194. The molecule has 3 unspecified atom stereocenters. The molecule has 3 aliphatic heterocycles. The first-order chi connectivity index (χ1) is 14.4. The maximum atomic E-state index is 12.1. The number of nitrogens with zero attached hydrogens (tertiary/aromatic N) is 4. The molecule has 8 nitrogen and oxygen atoms in total. The summed E-state index contributed by atoms with van der Waals surface area (Å²) in [5, 5.41) is 14.6. The Morgan fingerprint density at radius 1 is 1.40 bits per heavy atom. The highest BCUT2D eigenvalue weighted by Gasteiger charge is 2.34. The SMILES string of the molecule is CN(C)S(=O)(=O)NC1CCN(C(C#N)C2=CCC3NC4C=CCN=C4SC3=C2)CC1. The highest BCUT2D eigenvalue weighted by molar-refractivity contribution is 8.17. The summed E-state index contributed by atoms with van der Waals surface area (Å²) < 4.78 is 28.1. The van der Waals surface area contributed by atoms with Gasteiger partial charge in [0.2, 0.25) is 0 Å². The Kier molecular flexibility index (Phi) is 6.48. The lowest BCUT2D eigenvalue weighted by Crippen LogP contribution is -2.50. The summed E-state index contributed by atoms with van der Waals surface area (Å²) in [4.78, 5) is 8.00. The molecule has 3 atom stereocenters. The smallest absolute Gasteiger partial charge is 0.279 e. The minimum absolute atomic E-state index is 0.0940. The number of hydrogen-bond acceptors (Lipinski definition) is 7. The molecular weight excluding hydrogens is 420 g/mol. The number of dihydropyridines is 1. The van der Waals surface area contributed by atoms with Crippen LogP contribution in [-0.2, 0) is 10.2 Å². The molecule has 30 heavy (non-hydrogen) atoms. The van der Waals surface area contributed by atoms with Crippen molar-refractivity contribution in [3.63, 3.8) is 0 Å². The molecule has 4 aliphatic rings. The maximum Gasteiger partial charge on any atom is 0.279 e. The zero-order valence-electron chi connectivity index (χ0n) is 17.3. The molecular formula is C20H28N6O2S2. The molecule has 0 radical (unpaired) electrons. The Morgan fingerprint density at radius 2 is 2.17 bits per heavy atom. The van der Waals surface area contributed by atoms with E-state index in [0.717, 1.165) is 23.6 Å². The van der Waals surface area contributed by atoms with Crippen LogP contribution >= 0.6 is 11.8 Å². The van der Waals surface area contributed by atoms with Gasteiger partial charge < -0.3 is 0 Å². The molecule has 0 aromatic carbocycles. The number of hydrogen-bond donors (Lipinski definition) is 2. The molecule has 4 rings (SSSR count). The second kappa shape index (κ2) is 8.94. The number of piperidine rings is 1. The van der Waals surface area contributed by atoms with Crippen LogP contribution in [0.15, 0.2) is 39.8 Å². The Bertz CT molecular complexity index is 939. The van der Waals surface area contributed by atoms with Crippen molar-refractivity contribution in [2.24, 2.45) is 4.99 Å². The summed E-state index contributed by atoms with van der Waals surface area (Å²) in [6.45, 7) is 2.11. The van der Waals surface area contributed by atoms with Gasteiger partial charge in [-0.3, -0.25) is 15.2 Å². The highest BCUT2D eigenvalue weighted by Crippen LogP contribution is 2.36. The highest BCUT2D eigenvalue weighted by atomic mass is 32.2. The molecule has 10 heteroatoms. The van der Waals surface area contributed by atoms with Gasteiger partial charge in [0, 0.05) is 44.2 Å². The molecule has 0 bridgehead atoms. The fourth-order valence-electron chi connectivity index (χ4n) is 4.17. The number of nitriles is 1. The van der Waals surface area contributed by atoms with Gasteiger partial charge in [0.05, 0.1) is 23.7 Å². The summed E-state index contributed by atoms with van der Waals surface area (Å²) >= 11 is 1.73. The number of fused-ring (bicyclic) bond motifs is 2. The molecule has 0 aromatic rings. The average molecular weight is 449 g/mol. The Balaban J connectivity index is 1.40. The predicted molar refractivity (Wildman–Crippen MR) is 120 cm³/mol. The van der Waals surface area contributed by atoms with Gasteiger partial charge in [0.1, 0.15) is 6.04 Å². The van der Waals surface area contributed by atoms with Gasteiger partial charge in [-0.15, -0.1) is 0 Å². The maximum absolute atomic E-state index is 12.1. The summed E-state index contributed by atoms with van der Waals surface area (Å²) in [7, 11) is -0.386. The summed E-state index contributed by atoms with van der Waals surface area (Å²) in [5.41, 5.74) is 1.04. The number of aliphatic imine (C=N–C) groups is 1. The first-order valence-electron chi connectivity index (χ1n) is 10.3. The van der Waals surface area contributed by atoms with E-state index in [4.69, 9.17) is 0 Å². The standard InChI is InChI=1S/C20H28N6O2S2/c1-25(2)30(27,28)24-15-7-10-26(11-8-15)18(13-21)14-5-6-16-19(12-14)29-20-17(23-16)4-3-9-22-20/h3-5,12,15-18,23-24H,6-11H2,1-2H3. The first-order valence-corrected chi connectivity index (χ1v) is 12.5. The number of nitrogens with one attached hydrogen (secondary N) is 2. The van der Waals surface area contributed by atoms with E-state index in [2.05, 4.69) is 50.3 Å². The van der Waals surface area contributed by atoms with Crippen molar-refractivity contribution in [3.8, 4) is 6.07 Å². The van der Waals surface area contributed by atoms with Crippen LogP contribution < -0.4 is 10.0 Å². The summed E-state index contributed by atoms with van der Waals surface area (Å²) in [6.07, 6.45) is 10.8. The van der Waals surface area contributed by atoms with Gasteiger partial charge >= 0.3 is 0 Å². The van der Waals surface area contributed by atoms with Crippen molar-refractivity contribution in [1.29, 1.82) is 5.26 Å². The van der Waals surface area contributed by atoms with Crippen LogP contribution in [0.4, 0.5) is 0 Å². The molecule has 0 spiro atoms. The third kappa shape index (κ3) is 4.56. The van der Waals surface area contributed by atoms with Crippen LogP contribution in [0, 0.1) is 11.3 Å². The fraction of sp³-hybridized carbons (Fsp3) is 0.600. The second-order valence-electron chi connectivity index (χ2n) is 8.14. The van der Waals surface area contributed by atoms with Crippen LogP contribution in [-0.4, -0.2) is 80.6 Å². The van der Waals surface area contributed by atoms with E-state index in [1.165, 1.54) is 23.3 Å². The third-order valence-electron chi connectivity index (χ3n) is 5.92. The summed E-state index contributed by atoms with van der Waals surface area (Å²) in [5.74, 6) is 0. The normalized spacial score (nSPS) is 28.7. The molecule has 0 aromatic heterocycles. The number of thioether (sulfide) groups is 1. The Labute approximate surface area is 183 Å². The molecule has 162 valence electrons. The van der Waals surface area contributed by atoms with E-state index in [1.807, 2.05) is 0 Å². The minimum atomic E-state index is -3.43. The van der Waals surface area contributed by atoms with Crippen molar-refractivity contribution >= 4 is 27.0 Å². The average Bonchev–Trinajstić information content (AvgIpc) is 2.73. The van der Waals surface area contributed by atoms with Gasteiger partial charge in [0.25, 0.3) is 10.2 Å². The zero-order valence-corrected chi connectivity index (χ0v) is 18.9. The quantitative estimate of drug-likeness (QED) is 0.609. The van der Waals surface area contributed by atoms with Crippen molar-refractivity contribution in [3.05, 3.63) is 34.8 Å². The van der Waals surface area contributed by atoms with Gasteiger partial charge in [-0.2, -0.15) is 22.7 Å². The van der Waals surface area contributed by atoms with Crippen molar-refractivity contribution < 1.29 is 8.42 Å². The van der Waals surface area contributed by atoms with Gasteiger partial charge in [-0.05, 0) is 30.9 Å². The van der Waals surface area contributed by atoms with E-state index in [-0.39, 0.29) is 24.2 Å². The molecule has 2 saturated heterocycles. The minimum Gasteiger partial charge on any atom is -0.297 e. The van der Waals surface area contributed by atoms with Gasteiger partial charge in [-0.25, -0.2) is 0 Å². The first kappa shape index (κ1) is 21.7. The van der Waals surface area contributed by atoms with Crippen molar-refractivity contribution in [2.45, 2.75) is 43.4 Å². The van der Waals surface area contributed by atoms with Crippen LogP contribution in [0.2, 0.25) is 0 Å². The summed E-state index contributed by atoms with van der Waals surface area (Å²) in [6, 6.07) is 2.55. The monoisotopic (exact) mass is 448 g/mol. The van der Waals surface area contributed by atoms with Crippen LogP contribution in [0.5, 0.6) is 0 Å². The van der Waals surface area contributed by atoms with E-state index in [1.54, 1.807) is 11.8 Å². The molecule has 2 N–H and O–H groups in total. The largest absolute Gasteiger partial charge is 0.297 e. The zero-order chi connectivity index (χ0) is 21.3. The number of rotatable bonds is 5. The third-order valence-corrected chi connectivity index (χ3v) is 8.74. The Hall–Kier alpha value is -1.48. The van der Waals surface area contributed by atoms with Crippen molar-refractivity contribution in [1.82, 2.24) is 19.2 Å². The van der Waals surface area contributed by atoms with E-state index in [0.29, 0.717) is 25.9 Å². The van der Waals surface area contributed by atoms with Gasteiger partial charge in [0.15, 0.2) is 0 Å². The number of likely N-dealkylation sites (tertiary alicyclic amines) is 1. The van der Waals surface area contributed by atoms with Crippen LogP contribution in [0.1, 0.15) is 19.3 Å². The topological polar surface area (TPSA) is 101 Å². The predicted octanol–water partition coefficient (Wildman–Crippen LogP) is 0.995. The lowest BCUT2D eigenvalue weighted by Gasteiger charge is -2.38. The fourth-order valence-corrected chi connectivity index (χ4v) is 6.20. The molecule has 0 saturated carbocycles. The molecule has 0 amide bonds. The van der Waals surface area contributed by atoms with E-state index in [9.17, 15) is 13.7 Å². The van der Waals surface area contributed by atoms with Crippen LogP contribution in [0.3, 0.4) is 0 Å². The second-order valence-corrected chi connectivity index (χ2v) is 11.1. The molecule has 3 heterocycles. The lowest BCUT2D eigenvalue weighted by atomic mass is 9.94. The van der Waals surface area contributed by atoms with E-state index < -0.39 is 10.2 Å². The molecule has 2 fully saturated rings.